The fourth-order valence-corrected chi connectivity index (χ4v) is 2.89. The Labute approximate surface area is 102 Å². The highest BCUT2D eigenvalue weighted by atomic mass is 35.5. The van der Waals surface area contributed by atoms with E-state index in [1.165, 1.54) is 12.1 Å². The van der Waals surface area contributed by atoms with Crippen LogP contribution in [-0.2, 0) is 10.0 Å². The highest BCUT2D eigenvalue weighted by molar-refractivity contribution is 7.89. The van der Waals surface area contributed by atoms with Crippen LogP contribution in [0.5, 0.6) is 0 Å². The van der Waals surface area contributed by atoms with Gasteiger partial charge in [0.05, 0.1) is 4.90 Å². The molecule has 5 heteroatoms. The van der Waals surface area contributed by atoms with Crippen molar-refractivity contribution in [3.8, 4) is 0 Å². The lowest BCUT2D eigenvalue weighted by Crippen LogP contribution is -2.33. The Hall–Kier alpha value is -0.580. The maximum atomic E-state index is 11.9. The van der Waals surface area contributed by atoms with Gasteiger partial charge in [-0.1, -0.05) is 25.4 Å². The van der Waals surface area contributed by atoms with Gasteiger partial charge in [0, 0.05) is 11.1 Å². The molecule has 0 saturated carbocycles. The van der Waals surface area contributed by atoms with Crippen molar-refractivity contribution in [2.45, 2.75) is 37.6 Å². The minimum Gasteiger partial charge on any atom is -0.208 e. The van der Waals surface area contributed by atoms with E-state index in [1.54, 1.807) is 12.1 Å². The van der Waals surface area contributed by atoms with Gasteiger partial charge in [-0.2, -0.15) is 0 Å². The van der Waals surface area contributed by atoms with E-state index in [-0.39, 0.29) is 10.9 Å². The minimum absolute atomic E-state index is 0.0133. The Morgan fingerprint density at radius 2 is 1.69 bits per heavy atom. The van der Waals surface area contributed by atoms with Gasteiger partial charge in [-0.25, -0.2) is 13.1 Å². The number of sulfonamides is 1. The first-order chi connectivity index (χ1) is 7.49. The van der Waals surface area contributed by atoms with Gasteiger partial charge in [0.1, 0.15) is 0 Å². The Morgan fingerprint density at radius 1 is 1.19 bits per heavy atom. The largest absolute Gasteiger partial charge is 0.240 e. The first kappa shape index (κ1) is 13.5. The van der Waals surface area contributed by atoms with E-state index in [2.05, 4.69) is 4.72 Å². The zero-order valence-corrected chi connectivity index (χ0v) is 11.0. The number of hydrogen-bond donors (Lipinski definition) is 1. The Morgan fingerprint density at radius 3 is 2.12 bits per heavy atom. The first-order valence-electron chi connectivity index (χ1n) is 5.27. The Bertz CT molecular complexity index is 424. The fourth-order valence-electron chi connectivity index (χ4n) is 1.36. The molecule has 0 fully saturated rings. The molecule has 0 aliphatic heterocycles. The van der Waals surface area contributed by atoms with Crippen molar-refractivity contribution >= 4 is 21.6 Å². The van der Waals surface area contributed by atoms with E-state index in [9.17, 15) is 8.42 Å². The van der Waals surface area contributed by atoms with E-state index in [4.69, 9.17) is 11.6 Å². The zero-order valence-electron chi connectivity index (χ0n) is 9.40. The van der Waals surface area contributed by atoms with Crippen molar-refractivity contribution < 1.29 is 8.42 Å². The fraction of sp³-hybridized carbons (Fsp3) is 0.455. The summed E-state index contributed by atoms with van der Waals surface area (Å²) in [5, 5.41) is 0.529. The van der Waals surface area contributed by atoms with Gasteiger partial charge in [-0.15, -0.1) is 0 Å². The van der Waals surface area contributed by atoms with Crippen LogP contribution in [0.2, 0.25) is 5.02 Å². The summed E-state index contributed by atoms with van der Waals surface area (Å²) < 4.78 is 26.5. The summed E-state index contributed by atoms with van der Waals surface area (Å²) >= 11 is 5.71. The first-order valence-corrected chi connectivity index (χ1v) is 7.13. The molecule has 90 valence electrons. The molecule has 1 rings (SSSR count). The summed E-state index contributed by atoms with van der Waals surface area (Å²) in [5.41, 5.74) is 0. The lowest BCUT2D eigenvalue weighted by Gasteiger charge is -2.14. The van der Waals surface area contributed by atoms with Crippen molar-refractivity contribution in [1.82, 2.24) is 4.72 Å². The van der Waals surface area contributed by atoms with Crippen molar-refractivity contribution in [2.24, 2.45) is 0 Å². The lowest BCUT2D eigenvalue weighted by atomic mass is 10.2. The molecule has 0 radical (unpaired) electrons. The molecule has 3 nitrogen and oxygen atoms in total. The molecular weight excluding hydrogens is 246 g/mol. The molecule has 1 aromatic carbocycles. The van der Waals surface area contributed by atoms with Crippen LogP contribution in [0.15, 0.2) is 29.2 Å². The summed E-state index contributed by atoms with van der Waals surface area (Å²) in [5.74, 6) is 0. The molecule has 1 N–H and O–H groups in total. The van der Waals surface area contributed by atoms with Crippen LogP contribution >= 0.6 is 11.6 Å². The minimum atomic E-state index is -3.41. The van der Waals surface area contributed by atoms with Gasteiger partial charge in [-0.3, -0.25) is 0 Å². The van der Waals surface area contributed by atoms with E-state index in [0.29, 0.717) is 5.02 Å². The smallest absolute Gasteiger partial charge is 0.208 e. The average molecular weight is 262 g/mol. The Kier molecular flexibility index (Phi) is 4.77. The second-order valence-electron chi connectivity index (χ2n) is 3.59. The maximum absolute atomic E-state index is 11.9. The van der Waals surface area contributed by atoms with Crippen LogP contribution in [-0.4, -0.2) is 14.5 Å². The summed E-state index contributed by atoms with van der Waals surface area (Å²) in [7, 11) is -3.41. The molecule has 0 bridgehead atoms. The molecule has 0 unspecified atom stereocenters. The van der Waals surface area contributed by atoms with Gasteiger partial charge >= 0.3 is 0 Å². The van der Waals surface area contributed by atoms with Gasteiger partial charge in [0.25, 0.3) is 0 Å². The number of halogens is 1. The van der Waals surface area contributed by atoms with Gasteiger partial charge < -0.3 is 0 Å². The van der Waals surface area contributed by atoms with Crippen molar-refractivity contribution in [2.75, 3.05) is 0 Å². The third kappa shape index (κ3) is 3.47. The molecular formula is C11H16ClNO2S. The van der Waals surface area contributed by atoms with Crippen LogP contribution in [0.4, 0.5) is 0 Å². The number of hydrogen-bond acceptors (Lipinski definition) is 2. The highest BCUT2D eigenvalue weighted by Crippen LogP contribution is 2.14. The average Bonchev–Trinajstić information content (AvgIpc) is 2.26. The zero-order chi connectivity index (χ0) is 12.2. The van der Waals surface area contributed by atoms with E-state index >= 15 is 0 Å². The molecule has 0 atom stereocenters. The van der Waals surface area contributed by atoms with E-state index in [0.717, 1.165) is 12.8 Å². The van der Waals surface area contributed by atoms with Crippen molar-refractivity contribution in [3.05, 3.63) is 29.3 Å². The van der Waals surface area contributed by atoms with Gasteiger partial charge in [-0.05, 0) is 37.1 Å². The second kappa shape index (κ2) is 5.66. The lowest BCUT2D eigenvalue weighted by molar-refractivity contribution is 0.530. The molecule has 0 heterocycles. The number of rotatable bonds is 5. The monoisotopic (exact) mass is 261 g/mol. The molecule has 0 aromatic heterocycles. The maximum Gasteiger partial charge on any atom is 0.240 e. The summed E-state index contributed by atoms with van der Waals surface area (Å²) in [4.78, 5) is 0.254. The van der Waals surface area contributed by atoms with Gasteiger partial charge in [0.15, 0.2) is 0 Å². The van der Waals surface area contributed by atoms with Crippen molar-refractivity contribution in [1.29, 1.82) is 0 Å². The number of benzene rings is 1. The molecule has 0 aliphatic carbocycles. The predicted molar refractivity (Wildman–Crippen MR) is 66.1 cm³/mol. The van der Waals surface area contributed by atoms with Gasteiger partial charge in [0.2, 0.25) is 10.0 Å². The normalized spacial score (nSPS) is 12.0. The second-order valence-corrected chi connectivity index (χ2v) is 5.74. The van der Waals surface area contributed by atoms with Crippen LogP contribution in [0.25, 0.3) is 0 Å². The predicted octanol–water partition coefficient (Wildman–Crippen LogP) is 2.81. The van der Waals surface area contributed by atoms with E-state index in [1.807, 2.05) is 13.8 Å². The molecule has 0 amide bonds. The van der Waals surface area contributed by atoms with Crippen LogP contribution in [0.3, 0.4) is 0 Å². The SMILES string of the molecule is CCC(CC)NS(=O)(=O)c1ccc(Cl)cc1. The topological polar surface area (TPSA) is 46.2 Å². The summed E-state index contributed by atoms with van der Waals surface area (Å²) in [6, 6.07) is 6.15. The quantitative estimate of drug-likeness (QED) is 0.886. The van der Waals surface area contributed by atoms with Crippen LogP contribution in [0.1, 0.15) is 26.7 Å². The third-order valence-corrected chi connectivity index (χ3v) is 4.22. The Balaban J connectivity index is 2.89. The highest BCUT2D eigenvalue weighted by Gasteiger charge is 2.17. The molecule has 1 aromatic rings. The molecule has 0 spiro atoms. The van der Waals surface area contributed by atoms with E-state index < -0.39 is 10.0 Å². The summed E-state index contributed by atoms with van der Waals surface area (Å²) in [6.07, 6.45) is 1.56. The molecule has 0 aliphatic rings. The standard InChI is InChI=1S/C11H16ClNO2S/c1-3-10(4-2)13-16(14,15)11-7-5-9(12)6-8-11/h5-8,10,13H,3-4H2,1-2H3. The molecule has 0 saturated heterocycles. The molecule has 16 heavy (non-hydrogen) atoms. The van der Waals surface area contributed by atoms with Crippen LogP contribution < -0.4 is 4.72 Å². The van der Waals surface area contributed by atoms with Crippen molar-refractivity contribution in [3.63, 3.8) is 0 Å². The van der Waals surface area contributed by atoms with Crippen LogP contribution in [0, 0.1) is 0 Å². The third-order valence-electron chi connectivity index (χ3n) is 2.43. The summed E-state index contributed by atoms with van der Waals surface area (Å²) in [6.45, 7) is 3.91. The number of nitrogens with one attached hydrogen (secondary N) is 1.